The Morgan fingerprint density at radius 1 is 1.00 bits per heavy atom. The van der Waals surface area contributed by atoms with Gasteiger partial charge in [0.1, 0.15) is 5.82 Å². The average molecular weight is 371 g/mol. The molecule has 5 heteroatoms. The molecule has 0 unspecified atom stereocenters. The molecule has 4 aromatic rings. The zero-order valence-corrected chi connectivity index (χ0v) is 15.5. The third-order valence-electron chi connectivity index (χ3n) is 5.72. The second-order valence-electron chi connectivity index (χ2n) is 7.52. The van der Waals surface area contributed by atoms with Gasteiger partial charge in [-0.2, -0.15) is 0 Å². The highest BCUT2D eigenvalue weighted by Crippen LogP contribution is 2.36. The van der Waals surface area contributed by atoms with Gasteiger partial charge in [0.2, 0.25) is 0 Å². The van der Waals surface area contributed by atoms with Crippen molar-refractivity contribution in [2.75, 3.05) is 0 Å². The number of fused-ring (bicyclic) bond motifs is 2. The van der Waals surface area contributed by atoms with Gasteiger partial charge in [0.15, 0.2) is 0 Å². The topological polar surface area (TPSA) is 68.0 Å². The average Bonchev–Trinajstić information content (AvgIpc) is 3.12. The number of aromatic carboxylic acids is 1. The Labute approximate surface area is 162 Å². The summed E-state index contributed by atoms with van der Waals surface area (Å²) in [6.45, 7) is 0. The van der Waals surface area contributed by atoms with Crippen LogP contribution < -0.4 is 0 Å². The van der Waals surface area contributed by atoms with E-state index in [4.69, 9.17) is 4.98 Å². The number of rotatable bonds is 3. The summed E-state index contributed by atoms with van der Waals surface area (Å²) in [7, 11) is 0. The Kier molecular flexibility index (Phi) is 4.08. The molecule has 1 saturated carbocycles. The number of carbonyl (C=O) groups is 1. The largest absolute Gasteiger partial charge is 0.478 e. The van der Waals surface area contributed by atoms with Crippen molar-refractivity contribution in [3.05, 3.63) is 60.3 Å². The van der Waals surface area contributed by atoms with Crippen LogP contribution in [0.15, 0.2) is 54.7 Å². The summed E-state index contributed by atoms with van der Waals surface area (Å²) in [5.74, 6) is -0.0502. The van der Waals surface area contributed by atoms with Crippen molar-refractivity contribution in [2.45, 2.75) is 38.1 Å². The Bertz CT molecular complexity index is 1190. The van der Waals surface area contributed by atoms with Crippen LogP contribution in [-0.2, 0) is 0 Å². The van der Waals surface area contributed by atoms with Gasteiger partial charge in [-0.05, 0) is 43.2 Å². The molecule has 0 radical (unpaired) electrons. The standard InChI is InChI=1S/C23H21N3O2/c27-23(28)16-10-11-21-20(13-16)25-22(26(21)18-7-2-1-3-8-18)17-12-15-6-4-5-9-19(15)24-14-17/h4-6,9-14,18H,1-3,7-8H2,(H,27,28). The zero-order valence-electron chi connectivity index (χ0n) is 15.5. The van der Waals surface area contributed by atoms with Crippen molar-refractivity contribution in [1.82, 2.24) is 14.5 Å². The molecule has 0 bridgehead atoms. The van der Waals surface area contributed by atoms with Crippen molar-refractivity contribution in [2.24, 2.45) is 0 Å². The first-order chi connectivity index (χ1) is 13.7. The number of benzene rings is 2. The summed E-state index contributed by atoms with van der Waals surface area (Å²) in [4.78, 5) is 20.9. The fourth-order valence-corrected chi connectivity index (χ4v) is 4.34. The summed E-state index contributed by atoms with van der Waals surface area (Å²) in [6.07, 6.45) is 7.83. The summed E-state index contributed by atoms with van der Waals surface area (Å²) in [5.41, 5.74) is 3.93. The molecular formula is C23H21N3O2. The van der Waals surface area contributed by atoms with Crippen molar-refractivity contribution in [3.8, 4) is 11.4 Å². The van der Waals surface area contributed by atoms with E-state index in [2.05, 4.69) is 21.7 Å². The van der Waals surface area contributed by atoms with Crippen LogP contribution in [0.3, 0.4) is 0 Å². The predicted molar refractivity (Wildman–Crippen MR) is 110 cm³/mol. The van der Waals surface area contributed by atoms with Gasteiger partial charge in [-0.1, -0.05) is 37.5 Å². The molecule has 0 amide bonds. The Morgan fingerprint density at radius 2 is 1.82 bits per heavy atom. The minimum absolute atomic E-state index is 0.268. The van der Waals surface area contributed by atoms with Crippen LogP contribution in [0.25, 0.3) is 33.3 Å². The molecule has 2 aromatic carbocycles. The number of aromatic nitrogens is 3. The second kappa shape index (κ2) is 6.75. The lowest BCUT2D eigenvalue weighted by Gasteiger charge is -2.25. The van der Waals surface area contributed by atoms with E-state index in [0.29, 0.717) is 6.04 Å². The van der Waals surface area contributed by atoms with Crippen LogP contribution in [0.4, 0.5) is 0 Å². The molecule has 1 N–H and O–H groups in total. The summed E-state index contributed by atoms with van der Waals surface area (Å²) in [6, 6.07) is 15.8. The third kappa shape index (κ3) is 2.83. The SMILES string of the molecule is O=C(O)c1ccc2c(c1)nc(-c1cnc3ccccc3c1)n2C1CCCCC1. The molecule has 1 aliphatic carbocycles. The third-order valence-corrected chi connectivity index (χ3v) is 5.72. The lowest BCUT2D eigenvalue weighted by atomic mass is 9.95. The Balaban J connectivity index is 1.73. The lowest BCUT2D eigenvalue weighted by Crippen LogP contribution is -2.14. The van der Waals surface area contributed by atoms with Crippen LogP contribution >= 0.6 is 0 Å². The van der Waals surface area contributed by atoms with Crippen LogP contribution in [0.2, 0.25) is 0 Å². The molecule has 0 spiro atoms. The quantitative estimate of drug-likeness (QED) is 0.519. The summed E-state index contributed by atoms with van der Waals surface area (Å²) >= 11 is 0. The van der Waals surface area contributed by atoms with E-state index in [1.54, 1.807) is 12.1 Å². The maximum Gasteiger partial charge on any atom is 0.335 e. The van der Waals surface area contributed by atoms with E-state index >= 15 is 0 Å². The molecule has 0 aliphatic heterocycles. The maximum atomic E-state index is 11.4. The van der Waals surface area contributed by atoms with Crippen LogP contribution in [-0.4, -0.2) is 25.6 Å². The van der Waals surface area contributed by atoms with Gasteiger partial charge in [-0.25, -0.2) is 9.78 Å². The number of para-hydroxylation sites is 1. The normalized spacial score (nSPS) is 15.3. The van der Waals surface area contributed by atoms with E-state index in [1.807, 2.05) is 30.5 Å². The molecule has 28 heavy (non-hydrogen) atoms. The number of carboxylic acids is 1. The number of pyridine rings is 1. The van der Waals surface area contributed by atoms with Crippen molar-refractivity contribution >= 4 is 27.9 Å². The fourth-order valence-electron chi connectivity index (χ4n) is 4.34. The number of imidazole rings is 1. The summed E-state index contributed by atoms with van der Waals surface area (Å²) < 4.78 is 2.31. The maximum absolute atomic E-state index is 11.4. The molecule has 1 aliphatic rings. The number of carboxylic acid groups (broad SMARTS) is 1. The first kappa shape index (κ1) is 16.9. The lowest BCUT2D eigenvalue weighted by molar-refractivity contribution is 0.0697. The van der Waals surface area contributed by atoms with Gasteiger partial charge in [0, 0.05) is 23.2 Å². The van der Waals surface area contributed by atoms with Crippen LogP contribution in [0.1, 0.15) is 48.5 Å². The van der Waals surface area contributed by atoms with Crippen LogP contribution in [0, 0.1) is 0 Å². The van der Waals surface area contributed by atoms with Crippen molar-refractivity contribution in [1.29, 1.82) is 0 Å². The smallest absolute Gasteiger partial charge is 0.335 e. The molecule has 140 valence electrons. The van der Waals surface area contributed by atoms with E-state index in [1.165, 1.54) is 19.3 Å². The van der Waals surface area contributed by atoms with Gasteiger partial charge in [0.25, 0.3) is 0 Å². The van der Waals surface area contributed by atoms with Crippen molar-refractivity contribution in [3.63, 3.8) is 0 Å². The monoisotopic (exact) mass is 371 g/mol. The van der Waals surface area contributed by atoms with Crippen LogP contribution in [0.5, 0.6) is 0 Å². The molecule has 2 aromatic heterocycles. The highest BCUT2D eigenvalue weighted by Gasteiger charge is 2.23. The fraction of sp³-hybridized carbons (Fsp3) is 0.261. The van der Waals surface area contributed by atoms with E-state index in [-0.39, 0.29) is 5.56 Å². The first-order valence-corrected chi connectivity index (χ1v) is 9.81. The predicted octanol–water partition coefficient (Wildman–Crippen LogP) is 5.45. The minimum atomic E-state index is -0.928. The number of hydrogen-bond acceptors (Lipinski definition) is 3. The molecule has 5 nitrogen and oxygen atoms in total. The van der Waals surface area contributed by atoms with E-state index < -0.39 is 5.97 Å². The van der Waals surface area contributed by atoms with Gasteiger partial charge >= 0.3 is 5.97 Å². The molecule has 2 heterocycles. The molecule has 1 fully saturated rings. The van der Waals surface area contributed by atoms with Gasteiger partial charge in [-0.15, -0.1) is 0 Å². The highest BCUT2D eigenvalue weighted by atomic mass is 16.4. The summed E-state index contributed by atoms with van der Waals surface area (Å²) in [5, 5.41) is 10.4. The minimum Gasteiger partial charge on any atom is -0.478 e. The van der Waals surface area contributed by atoms with E-state index in [0.717, 1.165) is 46.2 Å². The Morgan fingerprint density at radius 3 is 2.64 bits per heavy atom. The van der Waals surface area contributed by atoms with Gasteiger partial charge in [0.05, 0.1) is 22.1 Å². The number of nitrogens with zero attached hydrogens (tertiary/aromatic N) is 3. The molecular weight excluding hydrogens is 350 g/mol. The first-order valence-electron chi connectivity index (χ1n) is 9.81. The second-order valence-corrected chi connectivity index (χ2v) is 7.52. The highest BCUT2D eigenvalue weighted by molar-refractivity contribution is 5.93. The Hall–Kier alpha value is -3.21. The zero-order chi connectivity index (χ0) is 19.1. The van der Waals surface area contributed by atoms with Gasteiger partial charge in [-0.3, -0.25) is 4.98 Å². The van der Waals surface area contributed by atoms with E-state index in [9.17, 15) is 9.90 Å². The van der Waals surface area contributed by atoms with Crippen molar-refractivity contribution < 1.29 is 9.90 Å². The molecule has 5 rings (SSSR count). The van der Waals surface area contributed by atoms with Gasteiger partial charge < -0.3 is 9.67 Å². The molecule has 0 saturated heterocycles. The molecule has 0 atom stereocenters. The number of hydrogen-bond donors (Lipinski definition) is 1.